The summed E-state index contributed by atoms with van der Waals surface area (Å²) in [6.07, 6.45) is 6.50. The number of carbonyl (C=O) groups is 1. The fraction of sp³-hybridized carbons (Fsp3) is 0.417. The number of aryl methyl sites for hydroxylation is 1. The third-order valence-electron chi connectivity index (χ3n) is 5.99. The molecular weight excluding hydrogens is 362 g/mol. The third kappa shape index (κ3) is 4.14. The second-order valence-corrected chi connectivity index (χ2v) is 8.20. The highest BCUT2D eigenvalue weighted by Gasteiger charge is 2.41. The fourth-order valence-corrected chi connectivity index (χ4v) is 4.69. The highest BCUT2D eigenvalue weighted by atomic mass is 16.6. The molecule has 152 valence electrons. The van der Waals surface area contributed by atoms with E-state index in [1.54, 1.807) is 6.92 Å². The summed E-state index contributed by atoms with van der Waals surface area (Å²) in [5, 5.41) is 0. The minimum Gasteiger partial charge on any atom is -0.416 e. The number of aromatic nitrogens is 1. The van der Waals surface area contributed by atoms with E-state index in [0.29, 0.717) is 24.3 Å². The number of hydrogen-bond donors (Lipinski definition) is 0. The van der Waals surface area contributed by atoms with Crippen LogP contribution in [-0.2, 0) is 11.2 Å². The van der Waals surface area contributed by atoms with Crippen LogP contribution in [0, 0.1) is 6.92 Å². The van der Waals surface area contributed by atoms with Crippen molar-refractivity contribution in [3.63, 3.8) is 0 Å². The minimum absolute atomic E-state index is 0.277. The molecule has 29 heavy (non-hydrogen) atoms. The maximum Gasteiger partial charge on any atom is 0.414 e. The van der Waals surface area contributed by atoms with Crippen molar-refractivity contribution in [3.8, 4) is 0 Å². The molecule has 1 fully saturated rings. The lowest BCUT2D eigenvalue weighted by Gasteiger charge is -2.30. The van der Waals surface area contributed by atoms with Gasteiger partial charge >= 0.3 is 6.09 Å². The van der Waals surface area contributed by atoms with E-state index >= 15 is 0 Å². The first kappa shape index (κ1) is 19.5. The van der Waals surface area contributed by atoms with Gasteiger partial charge in [0.1, 0.15) is 0 Å². The molecule has 0 radical (unpaired) electrons. The Balaban J connectivity index is 1.59. The van der Waals surface area contributed by atoms with Crippen LogP contribution in [0.4, 0.5) is 10.5 Å². The summed E-state index contributed by atoms with van der Waals surface area (Å²) >= 11 is 0. The minimum atomic E-state index is -0.277. The second-order valence-electron chi connectivity index (χ2n) is 8.20. The van der Waals surface area contributed by atoms with Gasteiger partial charge in [0.2, 0.25) is 0 Å². The van der Waals surface area contributed by atoms with E-state index in [1.165, 1.54) is 22.4 Å². The lowest BCUT2D eigenvalue weighted by molar-refractivity contribution is 0.128. The van der Waals surface area contributed by atoms with Crippen molar-refractivity contribution in [2.75, 3.05) is 24.5 Å². The molecule has 2 aromatic rings. The topological polar surface area (TPSA) is 45.7 Å². The largest absolute Gasteiger partial charge is 0.416 e. The van der Waals surface area contributed by atoms with Crippen molar-refractivity contribution < 1.29 is 9.53 Å². The van der Waals surface area contributed by atoms with E-state index < -0.39 is 0 Å². The predicted octanol–water partition coefficient (Wildman–Crippen LogP) is 4.67. The van der Waals surface area contributed by atoms with Crippen LogP contribution >= 0.6 is 0 Å². The molecule has 2 atom stereocenters. The third-order valence-corrected chi connectivity index (χ3v) is 5.99. The maximum absolute atomic E-state index is 12.5. The van der Waals surface area contributed by atoms with Crippen molar-refractivity contribution in [1.29, 1.82) is 0 Å². The monoisotopic (exact) mass is 391 g/mol. The van der Waals surface area contributed by atoms with E-state index in [-0.39, 0.29) is 6.09 Å². The van der Waals surface area contributed by atoms with Crippen molar-refractivity contribution in [2.45, 2.75) is 45.1 Å². The summed E-state index contributed by atoms with van der Waals surface area (Å²) in [5.41, 5.74) is 5.18. The Morgan fingerprint density at radius 1 is 1.34 bits per heavy atom. The zero-order chi connectivity index (χ0) is 20.4. The number of nitrogens with zero attached hydrogens (tertiary/aromatic N) is 3. The molecule has 0 spiro atoms. The molecule has 5 nitrogen and oxygen atoms in total. The van der Waals surface area contributed by atoms with Crippen molar-refractivity contribution in [3.05, 3.63) is 71.8 Å². The first-order valence-electron chi connectivity index (χ1n) is 10.4. The molecular formula is C24H29N3O2. The molecule has 2 aliphatic rings. The molecule has 2 aliphatic heterocycles. The van der Waals surface area contributed by atoms with Crippen LogP contribution in [0.15, 0.2) is 55.1 Å². The lowest BCUT2D eigenvalue weighted by atomic mass is 9.92. The van der Waals surface area contributed by atoms with Gasteiger partial charge in [0, 0.05) is 49.7 Å². The summed E-state index contributed by atoms with van der Waals surface area (Å²) in [4.78, 5) is 21.2. The Kier molecular flexibility index (Phi) is 5.56. The zero-order valence-corrected chi connectivity index (χ0v) is 17.3. The Hall–Kier alpha value is -2.82. The summed E-state index contributed by atoms with van der Waals surface area (Å²) < 4.78 is 5.31. The van der Waals surface area contributed by atoms with Crippen molar-refractivity contribution >= 4 is 11.8 Å². The van der Waals surface area contributed by atoms with E-state index in [0.717, 1.165) is 32.4 Å². The van der Waals surface area contributed by atoms with Gasteiger partial charge in [0.15, 0.2) is 0 Å². The van der Waals surface area contributed by atoms with Gasteiger partial charge in [-0.1, -0.05) is 30.3 Å². The molecule has 0 aliphatic carbocycles. The number of fused-ring (bicyclic) bond motifs is 3. The van der Waals surface area contributed by atoms with Gasteiger partial charge in [0.25, 0.3) is 0 Å². The van der Waals surface area contributed by atoms with E-state index in [4.69, 9.17) is 4.74 Å². The maximum atomic E-state index is 12.5. The highest BCUT2D eigenvalue weighted by molar-refractivity contribution is 5.70. The average Bonchev–Trinajstić information content (AvgIpc) is 2.84. The lowest BCUT2D eigenvalue weighted by Crippen LogP contribution is -2.38. The van der Waals surface area contributed by atoms with Crippen molar-refractivity contribution in [2.24, 2.45) is 0 Å². The fourth-order valence-electron chi connectivity index (χ4n) is 4.69. The summed E-state index contributed by atoms with van der Waals surface area (Å²) in [5.74, 6) is 0.746. The van der Waals surface area contributed by atoms with Crippen LogP contribution in [0.2, 0.25) is 0 Å². The molecule has 3 heterocycles. The number of amides is 1. The van der Waals surface area contributed by atoms with Gasteiger partial charge in [-0.15, -0.1) is 0 Å². The molecule has 0 saturated carbocycles. The van der Waals surface area contributed by atoms with E-state index in [1.807, 2.05) is 23.4 Å². The number of rotatable bonds is 4. The van der Waals surface area contributed by atoms with Crippen LogP contribution < -0.4 is 4.90 Å². The molecule has 1 saturated heterocycles. The number of benzene rings is 1. The van der Waals surface area contributed by atoms with Gasteiger partial charge in [0.05, 0.1) is 5.76 Å². The number of carbonyl (C=O) groups excluding carboxylic acids is 1. The summed E-state index contributed by atoms with van der Waals surface area (Å²) in [7, 11) is 0. The van der Waals surface area contributed by atoms with Gasteiger partial charge in [-0.25, -0.2) is 4.79 Å². The molecule has 0 N–H and O–H groups in total. The summed E-state index contributed by atoms with van der Waals surface area (Å²) in [6, 6.07) is 11.3. The van der Waals surface area contributed by atoms with E-state index in [9.17, 15) is 4.79 Å². The number of hydrogen-bond acceptors (Lipinski definition) is 4. The molecule has 4 rings (SSSR count). The highest BCUT2D eigenvalue weighted by Crippen LogP contribution is 2.44. The van der Waals surface area contributed by atoms with Crippen molar-refractivity contribution in [1.82, 2.24) is 9.88 Å². The summed E-state index contributed by atoms with van der Waals surface area (Å²) in [6.45, 7) is 9.94. The number of allylic oxidation sites excluding steroid dienone is 1. The smallest absolute Gasteiger partial charge is 0.414 e. The standard InChI is InChI=1S/C24H29N3O2/c1-17(2)29-24(28)26-12-5-7-22-21(16-26)20-14-18(3)8-9-23(20)27(22)13-10-19-6-4-11-25-15-19/h4,6,8-9,11,14-15,21-22H,1,5,7,10,12-13,16H2,2-3H3/t21-,22-/m0/s1. The number of anilines is 1. The van der Waals surface area contributed by atoms with Crippen LogP contribution in [0.3, 0.4) is 0 Å². The average molecular weight is 392 g/mol. The first-order chi connectivity index (χ1) is 14.0. The zero-order valence-electron chi connectivity index (χ0n) is 17.3. The Bertz CT molecular complexity index is 896. The first-order valence-corrected chi connectivity index (χ1v) is 10.4. The van der Waals surface area contributed by atoms with Gasteiger partial charge in [-0.05, 0) is 56.4 Å². The molecule has 1 aromatic heterocycles. The van der Waals surface area contributed by atoms with Gasteiger partial charge in [-0.2, -0.15) is 0 Å². The normalized spacial score (nSPS) is 20.6. The Morgan fingerprint density at radius 2 is 2.21 bits per heavy atom. The Morgan fingerprint density at radius 3 is 2.97 bits per heavy atom. The molecule has 5 heteroatoms. The number of pyridine rings is 1. The van der Waals surface area contributed by atoms with Crippen LogP contribution in [-0.4, -0.2) is 41.7 Å². The van der Waals surface area contributed by atoms with Gasteiger partial charge < -0.3 is 14.5 Å². The molecule has 0 bridgehead atoms. The van der Waals surface area contributed by atoms with Crippen LogP contribution in [0.1, 0.15) is 42.4 Å². The number of likely N-dealkylation sites (tertiary alicyclic amines) is 1. The molecule has 1 amide bonds. The SMILES string of the molecule is C=C(C)OC(=O)N1CCC[C@H]2[C@@H](C1)c1cc(C)ccc1N2CCc1cccnc1. The van der Waals surface area contributed by atoms with Gasteiger partial charge in [-0.3, -0.25) is 4.98 Å². The van der Waals surface area contributed by atoms with Crippen LogP contribution in [0.5, 0.6) is 0 Å². The number of ether oxygens (including phenoxy) is 1. The van der Waals surface area contributed by atoms with E-state index in [2.05, 4.69) is 47.7 Å². The van der Waals surface area contributed by atoms with Crippen LogP contribution in [0.25, 0.3) is 0 Å². The Labute approximate surface area is 173 Å². The quantitative estimate of drug-likeness (QED) is 0.711. The predicted molar refractivity (Wildman–Crippen MR) is 115 cm³/mol. The molecule has 0 unspecified atom stereocenters. The molecule has 1 aromatic carbocycles. The second kappa shape index (κ2) is 8.27.